The first kappa shape index (κ1) is 11.8. The fourth-order valence-electron chi connectivity index (χ4n) is 2.13. The van der Waals surface area contributed by atoms with E-state index in [1.807, 2.05) is 18.2 Å². The van der Waals surface area contributed by atoms with Crippen molar-refractivity contribution >= 4 is 11.0 Å². The van der Waals surface area contributed by atoms with Crippen LogP contribution in [0.25, 0.3) is 11.0 Å². The van der Waals surface area contributed by atoms with Gasteiger partial charge in [0.15, 0.2) is 0 Å². The summed E-state index contributed by atoms with van der Waals surface area (Å²) in [4.78, 5) is 8.00. The van der Waals surface area contributed by atoms with E-state index in [-0.39, 0.29) is 6.04 Å². The summed E-state index contributed by atoms with van der Waals surface area (Å²) in [6, 6.07) is 7.79. The highest BCUT2D eigenvalue weighted by molar-refractivity contribution is 5.78. The molecular weight excluding hydrogens is 240 g/mol. The topological polar surface area (TPSA) is 77.0 Å². The van der Waals surface area contributed by atoms with Crippen molar-refractivity contribution in [1.82, 2.24) is 15.4 Å². The lowest BCUT2D eigenvalue weighted by atomic mass is 10.1. The van der Waals surface area contributed by atoms with E-state index in [0.717, 1.165) is 22.3 Å². The van der Waals surface area contributed by atoms with Crippen molar-refractivity contribution in [1.29, 1.82) is 0 Å². The molecule has 0 spiro atoms. The molecule has 3 aromatic rings. The van der Waals surface area contributed by atoms with Crippen LogP contribution >= 0.6 is 0 Å². The molecule has 1 atom stereocenters. The summed E-state index contributed by atoms with van der Waals surface area (Å²) >= 11 is 0. The Morgan fingerprint density at radius 2 is 2.00 bits per heavy atom. The number of hydrogen-bond donors (Lipinski definition) is 2. The molecular formula is C14H14N4O. The number of nitrogens with one attached hydrogen (secondary N) is 1. The predicted molar refractivity (Wildman–Crippen MR) is 72.1 cm³/mol. The fourth-order valence-corrected chi connectivity index (χ4v) is 2.13. The maximum atomic E-state index is 5.83. The third kappa shape index (κ3) is 2.21. The van der Waals surface area contributed by atoms with Gasteiger partial charge in [0.2, 0.25) is 0 Å². The number of aryl methyl sites for hydroxylation is 1. The van der Waals surface area contributed by atoms with Crippen molar-refractivity contribution in [3.63, 3.8) is 0 Å². The van der Waals surface area contributed by atoms with E-state index < -0.39 is 0 Å². The minimum Gasteiger partial charge on any atom is -0.459 e. The molecule has 96 valence electrons. The van der Waals surface area contributed by atoms with Crippen molar-refractivity contribution in [2.24, 2.45) is 5.84 Å². The second-order valence-corrected chi connectivity index (χ2v) is 4.46. The normalized spacial score (nSPS) is 12.7. The molecule has 3 rings (SSSR count). The maximum Gasteiger partial charge on any atom is 0.134 e. The van der Waals surface area contributed by atoms with Gasteiger partial charge in [0.1, 0.15) is 23.7 Å². The molecule has 0 aliphatic heterocycles. The van der Waals surface area contributed by atoms with Crippen molar-refractivity contribution in [3.8, 4) is 0 Å². The number of hydrogen-bond acceptors (Lipinski definition) is 5. The Hall–Kier alpha value is -2.24. The summed E-state index contributed by atoms with van der Waals surface area (Å²) < 4.78 is 5.83. The number of nitrogens with zero attached hydrogens (tertiary/aromatic N) is 2. The fraction of sp³-hybridized carbons (Fsp3) is 0.143. The van der Waals surface area contributed by atoms with Crippen LogP contribution in [0.2, 0.25) is 0 Å². The van der Waals surface area contributed by atoms with Gasteiger partial charge in [-0.25, -0.2) is 15.4 Å². The first-order valence-corrected chi connectivity index (χ1v) is 5.99. The molecule has 5 nitrogen and oxygen atoms in total. The van der Waals surface area contributed by atoms with Gasteiger partial charge < -0.3 is 4.42 Å². The van der Waals surface area contributed by atoms with Crippen molar-refractivity contribution < 1.29 is 4.42 Å². The lowest BCUT2D eigenvalue weighted by Gasteiger charge is -2.12. The summed E-state index contributed by atoms with van der Waals surface area (Å²) in [5.41, 5.74) is 5.64. The van der Waals surface area contributed by atoms with E-state index in [2.05, 4.69) is 28.4 Å². The van der Waals surface area contributed by atoms with Gasteiger partial charge in [-0.3, -0.25) is 5.84 Å². The molecule has 0 saturated carbocycles. The Morgan fingerprint density at radius 1 is 1.21 bits per heavy atom. The Bertz CT molecular complexity index is 693. The minimum absolute atomic E-state index is 0.256. The van der Waals surface area contributed by atoms with Gasteiger partial charge in [-0.2, -0.15) is 0 Å². The lowest BCUT2D eigenvalue weighted by molar-refractivity contribution is 0.476. The van der Waals surface area contributed by atoms with E-state index in [1.165, 1.54) is 11.9 Å². The molecule has 19 heavy (non-hydrogen) atoms. The average Bonchev–Trinajstić information content (AvgIpc) is 2.83. The minimum atomic E-state index is -0.256. The van der Waals surface area contributed by atoms with Crippen LogP contribution < -0.4 is 11.3 Å². The van der Waals surface area contributed by atoms with Crippen LogP contribution in [0, 0.1) is 6.92 Å². The number of rotatable bonds is 3. The highest BCUT2D eigenvalue weighted by atomic mass is 16.3. The van der Waals surface area contributed by atoms with E-state index >= 15 is 0 Å². The number of aromatic nitrogens is 2. The van der Waals surface area contributed by atoms with Gasteiger partial charge in [-0.15, -0.1) is 0 Å². The molecule has 0 aliphatic rings. The molecule has 0 amide bonds. The molecule has 0 radical (unpaired) electrons. The summed E-state index contributed by atoms with van der Waals surface area (Å²) in [5, 5.41) is 1.06. The van der Waals surface area contributed by atoms with Crippen LogP contribution in [0.15, 0.2) is 47.4 Å². The van der Waals surface area contributed by atoms with Gasteiger partial charge in [0, 0.05) is 23.3 Å². The summed E-state index contributed by atoms with van der Waals surface area (Å²) in [5.74, 6) is 6.37. The molecule has 0 bridgehead atoms. The number of nitrogens with two attached hydrogens (primary N) is 1. The van der Waals surface area contributed by atoms with Gasteiger partial charge in [0.25, 0.3) is 0 Å². The maximum absolute atomic E-state index is 5.83. The predicted octanol–water partition coefficient (Wildman–Crippen LogP) is 2.08. The third-order valence-electron chi connectivity index (χ3n) is 3.06. The molecule has 2 heterocycles. The van der Waals surface area contributed by atoms with Gasteiger partial charge >= 0.3 is 0 Å². The lowest BCUT2D eigenvalue weighted by Crippen LogP contribution is -2.28. The summed E-state index contributed by atoms with van der Waals surface area (Å²) in [6.45, 7) is 2.05. The highest BCUT2D eigenvalue weighted by Crippen LogP contribution is 2.27. The van der Waals surface area contributed by atoms with E-state index in [9.17, 15) is 0 Å². The zero-order valence-corrected chi connectivity index (χ0v) is 10.5. The van der Waals surface area contributed by atoms with Crippen molar-refractivity contribution in [2.45, 2.75) is 13.0 Å². The second-order valence-electron chi connectivity index (χ2n) is 4.46. The molecule has 1 unspecified atom stereocenters. The van der Waals surface area contributed by atoms with Gasteiger partial charge in [-0.05, 0) is 25.1 Å². The quantitative estimate of drug-likeness (QED) is 0.552. The SMILES string of the molecule is Cc1ccc2oc(C(NN)c3cncnc3)cc2c1. The Balaban J connectivity index is 2.07. The van der Waals surface area contributed by atoms with Gasteiger partial charge in [0.05, 0.1) is 0 Å². The van der Waals surface area contributed by atoms with Crippen LogP contribution in [0.3, 0.4) is 0 Å². The molecule has 0 fully saturated rings. The Morgan fingerprint density at radius 3 is 2.74 bits per heavy atom. The first-order valence-electron chi connectivity index (χ1n) is 5.99. The zero-order valence-electron chi connectivity index (χ0n) is 10.5. The van der Waals surface area contributed by atoms with Crippen LogP contribution in [-0.2, 0) is 0 Å². The monoisotopic (exact) mass is 254 g/mol. The van der Waals surface area contributed by atoms with Crippen LogP contribution in [0.4, 0.5) is 0 Å². The average molecular weight is 254 g/mol. The Labute approximate surface area is 110 Å². The molecule has 3 N–H and O–H groups in total. The number of fused-ring (bicyclic) bond motifs is 1. The molecule has 0 aliphatic carbocycles. The van der Waals surface area contributed by atoms with E-state index in [4.69, 9.17) is 10.3 Å². The first-order chi connectivity index (χ1) is 9.28. The smallest absolute Gasteiger partial charge is 0.134 e. The zero-order chi connectivity index (χ0) is 13.2. The number of hydrazine groups is 1. The number of furan rings is 1. The van der Waals surface area contributed by atoms with E-state index in [1.54, 1.807) is 12.4 Å². The van der Waals surface area contributed by atoms with E-state index in [0.29, 0.717) is 0 Å². The second kappa shape index (κ2) is 4.79. The van der Waals surface area contributed by atoms with Crippen LogP contribution in [0.1, 0.15) is 22.9 Å². The van der Waals surface area contributed by atoms with Crippen molar-refractivity contribution in [2.75, 3.05) is 0 Å². The highest BCUT2D eigenvalue weighted by Gasteiger charge is 2.17. The summed E-state index contributed by atoms with van der Waals surface area (Å²) in [7, 11) is 0. The molecule has 1 aromatic carbocycles. The number of benzene rings is 1. The van der Waals surface area contributed by atoms with Crippen LogP contribution in [-0.4, -0.2) is 9.97 Å². The Kier molecular flexibility index (Phi) is 2.98. The standard InChI is InChI=1S/C14H14N4O/c1-9-2-3-12-10(4-9)5-13(19-12)14(18-15)11-6-16-8-17-7-11/h2-8,14,18H,15H2,1H3. The molecule has 0 saturated heterocycles. The van der Waals surface area contributed by atoms with Crippen LogP contribution in [0.5, 0.6) is 0 Å². The largest absolute Gasteiger partial charge is 0.459 e. The molecule has 2 aromatic heterocycles. The summed E-state index contributed by atoms with van der Waals surface area (Å²) in [6.07, 6.45) is 4.92. The van der Waals surface area contributed by atoms with Crippen molar-refractivity contribution in [3.05, 3.63) is 59.9 Å². The van der Waals surface area contributed by atoms with Gasteiger partial charge in [-0.1, -0.05) is 11.6 Å². The molecule has 5 heteroatoms. The third-order valence-corrected chi connectivity index (χ3v) is 3.06.